The lowest BCUT2D eigenvalue weighted by Crippen LogP contribution is -2.59. The molecule has 12 N–H and O–H groups in total. The van der Waals surface area contributed by atoms with Gasteiger partial charge in [0.2, 0.25) is 19.7 Å². The SMILES string of the molecule is CC(=O)[C@@H](CNCl)N=CI.CCC(CC)CCN(CC)CC(C(=O)NC[C@@H](NC(=O)[C@H](CN(CC)CCN(CC)CC)N(CC)CC)C(=O)O)N(CC)CC.CCN(CC)CCN(CC)C[C@H](C(=O)O)N(CC)CC.Cl.[B]C(=O)N[C@H](CNB(C)O)C(C)=O.[B]CON[C@H](CNB(C)O)C(=O)O.[HH].[HH].[HH].[HH].[HH]. The van der Waals surface area contributed by atoms with Gasteiger partial charge in [-0.1, -0.05) is 117 Å². The second-order valence-electron chi connectivity index (χ2n) is 23.8. The van der Waals surface area contributed by atoms with Crippen molar-refractivity contribution in [3.63, 3.8) is 0 Å². The molecule has 0 aliphatic carbocycles. The molecule has 30 nitrogen and oxygen atoms in total. The summed E-state index contributed by atoms with van der Waals surface area (Å²) in [5.41, 5.74) is 2.23. The van der Waals surface area contributed by atoms with E-state index >= 15 is 0 Å². The first kappa shape index (κ1) is 110. The molecule has 0 aromatic heterocycles. The highest BCUT2D eigenvalue weighted by Gasteiger charge is 2.33. The van der Waals surface area contributed by atoms with Crippen LogP contribution < -0.4 is 36.7 Å². The van der Waals surface area contributed by atoms with Gasteiger partial charge >= 0.3 is 32.0 Å². The van der Waals surface area contributed by atoms with E-state index in [1.165, 1.54) is 27.5 Å². The Morgan fingerprint density at radius 2 is 0.892 bits per heavy atom. The van der Waals surface area contributed by atoms with Crippen LogP contribution in [0.3, 0.4) is 0 Å². The second kappa shape index (κ2) is 70.8. The summed E-state index contributed by atoms with van der Waals surface area (Å²) < 4.78 is 1.57. The van der Waals surface area contributed by atoms with Crippen molar-refractivity contribution in [2.45, 2.75) is 193 Å². The van der Waals surface area contributed by atoms with E-state index in [4.69, 9.17) is 42.6 Å². The van der Waals surface area contributed by atoms with Gasteiger partial charge in [0, 0.05) is 85.6 Å². The number of carboxylic acids is 3. The van der Waals surface area contributed by atoms with Crippen molar-refractivity contribution in [3.05, 3.63) is 0 Å². The Labute approximate surface area is 650 Å². The van der Waals surface area contributed by atoms with Gasteiger partial charge in [0.25, 0.3) is 0 Å². The zero-order valence-electron chi connectivity index (χ0n) is 65.6. The number of carbonyl (C=O) groups is 8. The summed E-state index contributed by atoms with van der Waals surface area (Å²) in [6, 6.07) is -4.48. The monoisotopic (exact) mass is 1620 g/mol. The van der Waals surface area contributed by atoms with Crippen molar-refractivity contribution in [3.8, 4) is 0 Å². The highest BCUT2D eigenvalue weighted by molar-refractivity contribution is 14.1. The van der Waals surface area contributed by atoms with Gasteiger partial charge in [-0.05, 0) is 166 Å². The number of carboxylic acid groups (broad SMARTS) is 3. The average Bonchev–Trinajstić information content (AvgIpc) is 0.866. The molecular formula is C65H147B4Cl2IN16O14. The summed E-state index contributed by atoms with van der Waals surface area (Å²) >= 11 is 7.16. The number of hydrogen-bond donors (Lipinski definition) is 12. The highest BCUT2D eigenvalue weighted by Crippen LogP contribution is 2.15. The van der Waals surface area contributed by atoms with Crippen LogP contribution in [0.25, 0.3) is 0 Å². The fraction of sp³-hybridized carbons (Fsp3) is 0.862. The quantitative estimate of drug-likeness (QED) is 0.0136. The Morgan fingerprint density at radius 3 is 1.21 bits per heavy atom. The number of aliphatic carboxylic acids is 3. The number of nitrogens with zero attached hydrogens (tertiary/aromatic N) is 9. The number of hydroxylamine groups is 1. The number of Topliss-reactive ketones (excluding diaryl/α,β-unsaturated/α-hetero) is 2. The predicted molar refractivity (Wildman–Crippen MR) is 438 cm³/mol. The number of carbonyl (C=O) groups excluding carboxylic acids is 5. The molecule has 102 heavy (non-hydrogen) atoms. The van der Waals surface area contributed by atoms with Crippen LogP contribution in [0, 0.1) is 5.92 Å². The first-order valence-corrected chi connectivity index (χ1v) is 37.9. The summed E-state index contributed by atoms with van der Waals surface area (Å²) in [4.78, 5) is 122. The number of hydrogen-bond acceptors (Lipinski definition) is 24. The number of rotatable bonds is 56. The molecule has 0 spiro atoms. The Bertz CT molecular complexity index is 2190. The zero-order valence-corrected chi connectivity index (χ0v) is 69.3. The molecule has 0 aromatic rings. The summed E-state index contributed by atoms with van der Waals surface area (Å²) in [5.74, 6) is -3.76. The van der Waals surface area contributed by atoms with Crippen LogP contribution in [-0.4, -0.2) is 358 Å². The first-order chi connectivity index (χ1) is 47.8. The molecule has 0 fully saturated rings. The molecule has 0 bridgehead atoms. The van der Waals surface area contributed by atoms with E-state index < -0.39 is 74.1 Å². The number of likely N-dealkylation sites (N-methyl/N-ethyl adjacent to an activating group) is 8. The second-order valence-corrected chi connectivity index (χ2v) is 24.6. The Kier molecular flexibility index (Phi) is 76.1. The van der Waals surface area contributed by atoms with Crippen molar-refractivity contribution in [1.29, 1.82) is 0 Å². The topological polar surface area (TPSA) is 369 Å². The molecule has 3 amide bonds. The molecule has 0 saturated carbocycles. The van der Waals surface area contributed by atoms with Gasteiger partial charge in [0.05, 0.1) is 10.3 Å². The molecule has 1 unspecified atom stereocenters. The maximum Gasteiger partial charge on any atom is 0.373 e. The largest absolute Gasteiger partial charge is 0.480 e. The summed E-state index contributed by atoms with van der Waals surface area (Å²) in [7, 11) is 8.34. The van der Waals surface area contributed by atoms with Gasteiger partial charge in [-0.15, -0.1) is 12.4 Å². The molecule has 0 saturated heterocycles. The van der Waals surface area contributed by atoms with Crippen molar-refractivity contribution in [2.75, 3.05) is 170 Å². The van der Waals surface area contributed by atoms with Gasteiger partial charge in [-0.25, -0.2) is 9.63 Å². The highest BCUT2D eigenvalue weighted by atomic mass is 127. The van der Waals surface area contributed by atoms with Crippen LogP contribution >= 0.6 is 46.8 Å². The smallest absolute Gasteiger partial charge is 0.373 e. The summed E-state index contributed by atoms with van der Waals surface area (Å²) in [5, 5.41) is 58.8. The van der Waals surface area contributed by atoms with Crippen molar-refractivity contribution in [2.24, 2.45) is 10.9 Å². The van der Waals surface area contributed by atoms with Crippen LogP contribution in [0.5, 0.6) is 0 Å². The number of amides is 3. The van der Waals surface area contributed by atoms with Crippen LogP contribution in [-0.2, 0) is 38.4 Å². The number of aliphatic imine (C=N–C) groups is 1. The van der Waals surface area contributed by atoms with Crippen LogP contribution in [0.15, 0.2) is 4.99 Å². The van der Waals surface area contributed by atoms with Gasteiger partial charge in [0.15, 0.2) is 17.4 Å². The molecule has 37 heteroatoms. The summed E-state index contributed by atoms with van der Waals surface area (Å²) in [6.45, 7) is 54.9. The molecular weight excluding hydrogens is 1470 g/mol. The predicted octanol–water partition coefficient (Wildman–Crippen LogP) is 3.46. The molecule has 0 aromatic carbocycles. The van der Waals surface area contributed by atoms with Gasteiger partial charge in [-0.2, -0.15) is 5.48 Å². The minimum absolute atomic E-state index is 0. The Balaban J connectivity index is -0.000000136. The molecule has 0 rings (SSSR count). The maximum absolute atomic E-state index is 13.7. The van der Waals surface area contributed by atoms with E-state index in [1.54, 1.807) is 4.22 Å². The Morgan fingerprint density at radius 1 is 0.520 bits per heavy atom. The van der Waals surface area contributed by atoms with Crippen molar-refractivity contribution < 1.29 is 75.7 Å². The Hall–Kier alpha value is -3.20. The third-order valence-corrected chi connectivity index (χ3v) is 17.7. The van der Waals surface area contributed by atoms with Crippen molar-refractivity contribution in [1.82, 2.24) is 75.9 Å². The third kappa shape index (κ3) is 55.3. The lowest BCUT2D eigenvalue weighted by Gasteiger charge is -2.35. The van der Waals surface area contributed by atoms with Gasteiger partial charge in [-0.3, -0.25) is 53.3 Å². The number of ketones is 2. The minimum atomic E-state index is -1.22. The summed E-state index contributed by atoms with van der Waals surface area (Å²) in [6.07, 6.45) is 3.40. The zero-order chi connectivity index (χ0) is 78.6. The molecule has 0 aliphatic rings. The molecule has 604 valence electrons. The lowest BCUT2D eigenvalue weighted by atomic mass is 9.88. The normalized spacial score (nSPS) is 13.3. The average molecular weight is 1620 g/mol. The van der Waals surface area contributed by atoms with Crippen LogP contribution in [0.2, 0.25) is 13.6 Å². The van der Waals surface area contributed by atoms with Crippen LogP contribution in [0.1, 0.15) is 144 Å². The molecule has 7 atom stereocenters. The van der Waals surface area contributed by atoms with E-state index in [2.05, 4.69) is 143 Å². The van der Waals surface area contributed by atoms with Gasteiger partial charge < -0.3 is 81.1 Å². The fourth-order valence-electron chi connectivity index (χ4n) is 10.3. The minimum Gasteiger partial charge on any atom is -0.480 e. The van der Waals surface area contributed by atoms with E-state index in [0.29, 0.717) is 58.3 Å². The third-order valence-electron chi connectivity index (χ3n) is 17.3. The number of halogens is 3. The van der Waals surface area contributed by atoms with Crippen molar-refractivity contribution >= 4 is 128 Å². The maximum atomic E-state index is 13.7. The van der Waals surface area contributed by atoms with Crippen LogP contribution in [0.4, 0.5) is 4.79 Å². The molecule has 0 heterocycles. The van der Waals surface area contributed by atoms with E-state index in [0.717, 1.165) is 111 Å². The molecule has 4 radical (unpaired) electrons. The molecule has 0 aliphatic heterocycles. The van der Waals surface area contributed by atoms with Gasteiger partial charge in [0.1, 0.15) is 44.1 Å². The number of nitrogens with one attached hydrogen (secondary N) is 7. The van der Waals surface area contributed by atoms with E-state index in [1.807, 2.05) is 69.0 Å². The van der Waals surface area contributed by atoms with E-state index in [9.17, 15) is 48.6 Å². The fourth-order valence-corrected chi connectivity index (χ4v) is 10.8. The van der Waals surface area contributed by atoms with E-state index in [-0.39, 0.29) is 75.1 Å². The lowest BCUT2D eigenvalue weighted by molar-refractivity contribution is -0.144. The standard InChI is InChI=1S/C34H71N7O4.C15H33N3O2.C6H12B2N2O3.C5H12B2N2O4.C5H8ClIN2O.ClH.5H2/c1-11-28(12-2)21-22-38(15-5)26-30(40(17-7)18-8)32(42)35-25-29(34(44)45)36-33(43)31(41(19-9)20-10)27-39(16-6)24-23-37(13-3)14-4;1-6-16(7-2)11-12-17(8-3)13-14(15(19)20)18(9-4)10-5;1-4(11)5(10-6(7)12)3-9-8(2)13;1-7(12)8-2-4(5(10)11)9-13-3-6;1-4(10)5(2-9-6)8-3-7;;;;;;/h28-31H,11-27H2,1-10H3,(H,35,42)(H,36,43)(H,44,45);14H,6-13H2,1-5H3,(H,19,20);5,9,13H,3H2,1-2H3,(H,10,12);4,8-9,12H,2-3H2,1H3,(H,10,11);3,5,9H,2H2,1H3;6*1H/t29-,30?,31+;14-;5-;4-;5-;;;;;;/m11111....../s1. The first-order valence-electron chi connectivity index (χ1n) is 36.3.